The van der Waals surface area contributed by atoms with Gasteiger partial charge >= 0.3 is 0 Å². The lowest BCUT2D eigenvalue weighted by Crippen LogP contribution is -2.52. The zero-order valence-corrected chi connectivity index (χ0v) is 6.84. The Balaban J connectivity index is 2.39. The summed E-state index contributed by atoms with van der Waals surface area (Å²) in [6.07, 6.45) is 2.22. The zero-order valence-electron chi connectivity index (χ0n) is 6.84. The Labute approximate surface area is 66.7 Å². The third-order valence-corrected chi connectivity index (χ3v) is 1.77. The van der Waals surface area contributed by atoms with Gasteiger partial charge in [0.1, 0.15) is 0 Å². The van der Waals surface area contributed by atoms with Gasteiger partial charge in [-0.05, 0) is 19.8 Å². The van der Waals surface area contributed by atoms with Crippen molar-refractivity contribution in [3.05, 3.63) is 0 Å². The molecule has 4 nitrogen and oxygen atoms in total. The van der Waals surface area contributed by atoms with Gasteiger partial charge in [-0.2, -0.15) is 0 Å². The standard InChI is InChI=1S/C7H15N3O/c1-6(8)7(11)10-5-3-2-4-9-10/h6,9H,2-5,8H2,1H3/t6-/m0/s1. The quantitative estimate of drug-likeness (QED) is 0.537. The van der Waals surface area contributed by atoms with Crippen molar-refractivity contribution in [1.29, 1.82) is 0 Å². The molecule has 0 aromatic carbocycles. The van der Waals surface area contributed by atoms with E-state index in [2.05, 4.69) is 5.43 Å². The van der Waals surface area contributed by atoms with E-state index in [0.29, 0.717) is 0 Å². The Morgan fingerprint density at radius 3 is 2.82 bits per heavy atom. The van der Waals surface area contributed by atoms with Crippen LogP contribution < -0.4 is 11.2 Å². The first-order valence-electron chi connectivity index (χ1n) is 4.02. The minimum absolute atomic E-state index is 0.00954. The molecule has 4 heteroatoms. The fourth-order valence-electron chi connectivity index (χ4n) is 1.12. The van der Waals surface area contributed by atoms with Crippen LogP contribution in [0, 0.1) is 0 Å². The van der Waals surface area contributed by atoms with Crippen LogP contribution in [-0.2, 0) is 4.79 Å². The average molecular weight is 157 g/mol. The second-order valence-corrected chi connectivity index (χ2v) is 2.89. The van der Waals surface area contributed by atoms with Gasteiger partial charge in [0.25, 0.3) is 5.91 Å². The Morgan fingerprint density at radius 1 is 1.64 bits per heavy atom. The molecule has 1 amide bonds. The van der Waals surface area contributed by atoms with Crippen molar-refractivity contribution in [3.8, 4) is 0 Å². The highest BCUT2D eigenvalue weighted by Gasteiger charge is 2.18. The van der Waals surface area contributed by atoms with Crippen molar-refractivity contribution in [1.82, 2.24) is 10.4 Å². The summed E-state index contributed by atoms with van der Waals surface area (Å²) in [6, 6.07) is -0.388. The predicted molar refractivity (Wildman–Crippen MR) is 42.6 cm³/mol. The van der Waals surface area contributed by atoms with Gasteiger partial charge < -0.3 is 5.73 Å². The van der Waals surface area contributed by atoms with Crippen LogP contribution in [0.5, 0.6) is 0 Å². The first kappa shape index (κ1) is 8.49. The van der Waals surface area contributed by atoms with E-state index < -0.39 is 0 Å². The van der Waals surface area contributed by atoms with E-state index >= 15 is 0 Å². The lowest BCUT2D eigenvalue weighted by molar-refractivity contribution is -0.136. The summed E-state index contributed by atoms with van der Waals surface area (Å²) in [4.78, 5) is 11.2. The first-order chi connectivity index (χ1) is 5.22. The molecular formula is C7H15N3O. The van der Waals surface area contributed by atoms with E-state index in [9.17, 15) is 4.79 Å². The van der Waals surface area contributed by atoms with Crippen molar-refractivity contribution < 1.29 is 4.79 Å². The molecule has 0 aromatic rings. The van der Waals surface area contributed by atoms with Crippen molar-refractivity contribution in [3.63, 3.8) is 0 Å². The second-order valence-electron chi connectivity index (χ2n) is 2.89. The van der Waals surface area contributed by atoms with Crippen molar-refractivity contribution in [2.75, 3.05) is 13.1 Å². The van der Waals surface area contributed by atoms with E-state index in [1.54, 1.807) is 11.9 Å². The van der Waals surface area contributed by atoms with E-state index in [-0.39, 0.29) is 11.9 Å². The summed E-state index contributed by atoms with van der Waals surface area (Å²) >= 11 is 0. The highest BCUT2D eigenvalue weighted by Crippen LogP contribution is 2.00. The van der Waals surface area contributed by atoms with Gasteiger partial charge in [0.2, 0.25) is 0 Å². The normalized spacial score (nSPS) is 21.5. The maximum atomic E-state index is 11.2. The van der Waals surface area contributed by atoms with E-state index in [0.717, 1.165) is 25.9 Å². The molecule has 64 valence electrons. The van der Waals surface area contributed by atoms with Gasteiger partial charge in [-0.1, -0.05) is 0 Å². The molecule has 3 N–H and O–H groups in total. The smallest absolute Gasteiger partial charge is 0.253 e. The van der Waals surface area contributed by atoms with Crippen molar-refractivity contribution >= 4 is 5.91 Å². The fraction of sp³-hybridized carbons (Fsp3) is 0.857. The fourth-order valence-corrected chi connectivity index (χ4v) is 1.12. The van der Waals surface area contributed by atoms with Crippen LogP contribution in [0.15, 0.2) is 0 Å². The van der Waals surface area contributed by atoms with Crippen LogP contribution >= 0.6 is 0 Å². The molecule has 0 spiro atoms. The minimum Gasteiger partial charge on any atom is -0.320 e. The van der Waals surface area contributed by atoms with E-state index in [1.165, 1.54) is 0 Å². The summed E-state index contributed by atoms with van der Waals surface area (Å²) in [5, 5.41) is 1.62. The minimum atomic E-state index is -0.388. The lowest BCUT2D eigenvalue weighted by atomic mass is 10.2. The van der Waals surface area contributed by atoms with Crippen LogP contribution in [0.3, 0.4) is 0 Å². The van der Waals surface area contributed by atoms with E-state index in [4.69, 9.17) is 5.73 Å². The van der Waals surface area contributed by atoms with Gasteiger partial charge in [-0.15, -0.1) is 0 Å². The molecule has 1 aliphatic rings. The van der Waals surface area contributed by atoms with E-state index in [1.807, 2.05) is 0 Å². The molecule has 1 fully saturated rings. The summed E-state index contributed by atoms with van der Waals surface area (Å²) < 4.78 is 0. The maximum absolute atomic E-state index is 11.2. The molecule has 1 aliphatic heterocycles. The lowest BCUT2D eigenvalue weighted by Gasteiger charge is -2.28. The topological polar surface area (TPSA) is 58.4 Å². The Bertz CT molecular complexity index is 141. The monoisotopic (exact) mass is 157 g/mol. The van der Waals surface area contributed by atoms with Crippen LogP contribution in [0.4, 0.5) is 0 Å². The van der Waals surface area contributed by atoms with Gasteiger partial charge in [0, 0.05) is 13.1 Å². The van der Waals surface area contributed by atoms with Crippen molar-refractivity contribution in [2.24, 2.45) is 5.73 Å². The summed E-state index contributed by atoms with van der Waals surface area (Å²) in [5.74, 6) is -0.00954. The summed E-state index contributed by atoms with van der Waals surface area (Å²) in [7, 11) is 0. The molecule has 0 unspecified atom stereocenters. The average Bonchev–Trinajstić information content (AvgIpc) is 2.05. The number of nitrogens with two attached hydrogens (primary N) is 1. The number of carbonyl (C=O) groups excluding carboxylic acids is 1. The highest BCUT2D eigenvalue weighted by atomic mass is 16.2. The van der Waals surface area contributed by atoms with Crippen LogP contribution in [0.1, 0.15) is 19.8 Å². The number of nitrogens with zero attached hydrogens (tertiary/aromatic N) is 1. The Hall–Kier alpha value is -0.610. The molecule has 0 aromatic heterocycles. The molecule has 11 heavy (non-hydrogen) atoms. The molecule has 0 radical (unpaired) electrons. The molecule has 1 heterocycles. The molecular weight excluding hydrogens is 142 g/mol. The molecule has 0 aliphatic carbocycles. The summed E-state index contributed by atoms with van der Waals surface area (Å²) in [6.45, 7) is 3.39. The Morgan fingerprint density at radius 2 is 2.36 bits per heavy atom. The molecule has 1 atom stereocenters. The van der Waals surface area contributed by atoms with Gasteiger partial charge in [0.15, 0.2) is 0 Å². The SMILES string of the molecule is C[C@H](N)C(=O)N1CCCCN1. The predicted octanol–water partition coefficient (Wildman–Crippen LogP) is -0.539. The second kappa shape index (κ2) is 3.69. The first-order valence-corrected chi connectivity index (χ1v) is 4.02. The van der Waals surface area contributed by atoms with Gasteiger partial charge in [-0.3, -0.25) is 9.80 Å². The number of amides is 1. The maximum Gasteiger partial charge on any atom is 0.253 e. The molecule has 1 saturated heterocycles. The highest BCUT2D eigenvalue weighted by molar-refractivity contribution is 5.80. The number of hydrazine groups is 1. The number of hydrogen-bond donors (Lipinski definition) is 2. The molecule has 0 saturated carbocycles. The number of carbonyl (C=O) groups is 1. The van der Waals surface area contributed by atoms with Crippen LogP contribution in [0.2, 0.25) is 0 Å². The third-order valence-electron chi connectivity index (χ3n) is 1.77. The third kappa shape index (κ3) is 2.17. The van der Waals surface area contributed by atoms with Crippen LogP contribution in [0.25, 0.3) is 0 Å². The number of rotatable bonds is 1. The van der Waals surface area contributed by atoms with Gasteiger partial charge in [-0.25, -0.2) is 5.43 Å². The van der Waals surface area contributed by atoms with Gasteiger partial charge in [0.05, 0.1) is 6.04 Å². The Kier molecular flexibility index (Phi) is 2.84. The molecule has 1 rings (SSSR count). The largest absolute Gasteiger partial charge is 0.320 e. The molecule has 0 bridgehead atoms. The summed E-state index contributed by atoms with van der Waals surface area (Å²) in [5.41, 5.74) is 8.44. The number of hydrogen-bond acceptors (Lipinski definition) is 3. The van der Waals surface area contributed by atoms with Crippen molar-refractivity contribution in [2.45, 2.75) is 25.8 Å². The number of nitrogens with one attached hydrogen (secondary N) is 1. The van der Waals surface area contributed by atoms with Crippen LogP contribution in [-0.4, -0.2) is 30.0 Å². The zero-order chi connectivity index (χ0) is 8.27.